The van der Waals surface area contributed by atoms with Gasteiger partial charge in [0.1, 0.15) is 11.9 Å². The summed E-state index contributed by atoms with van der Waals surface area (Å²) < 4.78 is 43.3. The summed E-state index contributed by atoms with van der Waals surface area (Å²) in [6.45, 7) is 4.90. The van der Waals surface area contributed by atoms with E-state index in [-0.39, 0.29) is 30.3 Å². The van der Waals surface area contributed by atoms with Crippen LogP contribution in [0.2, 0.25) is 0 Å². The largest absolute Gasteiger partial charge is 0.490 e. The molecule has 0 aromatic heterocycles. The maximum atomic E-state index is 12.5. The van der Waals surface area contributed by atoms with E-state index in [1.165, 1.54) is 12.1 Å². The minimum Gasteiger partial charge on any atom is -0.490 e. The van der Waals surface area contributed by atoms with Gasteiger partial charge in [0.05, 0.1) is 11.6 Å². The lowest BCUT2D eigenvalue weighted by molar-refractivity contribution is -0.137. The van der Waals surface area contributed by atoms with Crippen LogP contribution in [-0.2, 0) is 11.0 Å². The fourth-order valence-electron chi connectivity index (χ4n) is 2.60. The van der Waals surface area contributed by atoms with Crippen LogP contribution >= 0.6 is 12.4 Å². The van der Waals surface area contributed by atoms with Crippen molar-refractivity contribution >= 4 is 18.3 Å². The molecule has 1 saturated heterocycles. The number of halogens is 4. The third kappa shape index (κ3) is 5.78. The van der Waals surface area contributed by atoms with Crippen LogP contribution in [0.15, 0.2) is 24.3 Å². The van der Waals surface area contributed by atoms with E-state index in [1.807, 2.05) is 13.8 Å². The molecule has 1 aromatic carbocycles. The Morgan fingerprint density at radius 1 is 1.20 bits per heavy atom. The molecular weight excluding hydrogens is 357 g/mol. The van der Waals surface area contributed by atoms with E-state index >= 15 is 0 Å². The van der Waals surface area contributed by atoms with Crippen molar-refractivity contribution in [1.29, 1.82) is 0 Å². The summed E-state index contributed by atoms with van der Waals surface area (Å²) >= 11 is 0. The number of ether oxygens (including phenoxy) is 1. The molecular formula is C17H24ClF3N2O2. The number of carbonyl (C=O) groups is 1. The average Bonchev–Trinajstić information content (AvgIpc) is 2.54. The number of hydrogen-bond donors (Lipinski definition) is 1. The number of carbonyl (C=O) groups excluding carboxylic acids is 1. The number of benzene rings is 1. The summed E-state index contributed by atoms with van der Waals surface area (Å²) in [7, 11) is 0. The first-order valence-electron chi connectivity index (χ1n) is 8.06. The molecule has 8 heteroatoms. The maximum absolute atomic E-state index is 12.5. The second-order valence-corrected chi connectivity index (χ2v) is 6.43. The third-order valence-electron chi connectivity index (χ3n) is 4.24. The normalized spacial score (nSPS) is 17.2. The van der Waals surface area contributed by atoms with E-state index in [9.17, 15) is 18.0 Å². The molecule has 2 N–H and O–H groups in total. The molecule has 0 radical (unpaired) electrons. The first-order chi connectivity index (χ1) is 11.2. The molecule has 1 aliphatic rings. The molecule has 2 rings (SSSR count). The molecule has 0 spiro atoms. The number of likely N-dealkylation sites (tertiary alicyclic amines) is 1. The van der Waals surface area contributed by atoms with Gasteiger partial charge in [-0.25, -0.2) is 0 Å². The minimum absolute atomic E-state index is 0. The Morgan fingerprint density at radius 2 is 1.72 bits per heavy atom. The van der Waals surface area contributed by atoms with Crippen LogP contribution in [0.1, 0.15) is 32.3 Å². The predicted molar refractivity (Wildman–Crippen MR) is 91.7 cm³/mol. The Morgan fingerprint density at radius 3 is 2.16 bits per heavy atom. The van der Waals surface area contributed by atoms with Crippen LogP contribution in [0, 0.1) is 5.92 Å². The summed E-state index contributed by atoms with van der Waals surface area (Å²) in [6.07, 6.45) is -3.18. The topological polar surface area (TPSA) is 55.6 Å². The molecule has 1 atom stereocenters. The van der Waals surface area contributed by atoms with E-state index in [2.05, 4.69) is 0 Å². The monoisotopic (exact) mass is 380 g/mol. The van der Waals surface area contributed by atoms with Crippen LogP contribution in [0.4, 0.5) is 13.2 Å². The van der Waals surface area contributed by atoms with Crippen molar-refractivity contribution < 1.29 is 22.7 Å². The highest BCUT2D eigenvalue weighted by molar-refractivity contribution is 5.85. The summed E-state index contributed by atoms with van der Waals surface area (Å²) in [5, 5.41) is 0. The van der Waals surface area contributed by atoms with Crippen molar-refractivity contribution in [1.82, 2.24) is 4.90 Å². The van der Waals surface area contributed by atoms with Gasteiger partial charge in [-0.05, 0) is 30.2 Å². The van der Waals surface area contributed by atoms with Crippen LogP contribution < -0.4 is 10.5 Å². The molecule has 1 fully saturated rings. The van der Waals surface area contributed by atoms with Gasteiger partial charge in [-0.1, -0.05) is 13.8 Å². The number of nitrogens with two attached hydrogens (primary N) is 1. The smallest absolute Gasteiger partial charge is 0.416 e. The van der Waals surface area contributed by atoms with Gasteiger partial charge in [0.15, 0.2) is 0 Å². The van der Waals surface area contributed by atoms with Gasteiger partial charge >= 0.3 is 6.18 Å². The first-order valence-corrected chi connectivity index (χ1v) is 8.06. The van der Waals surface area contributed by atoms with Crippen molar-refractivity contribution in [2.24, 2.45) is 11.7 Å². The van der Waals surface area contributed by atoms with Gasteiger partial charge in [0.2, 0.25) is 5.91 Å². The summed E-state index contributed by atoms with van der Waals surface area (Å²) in [6, 6.07) is 4.17. The summed E-state index contributed by atoms with van der Waals surface area (Å²) in [4.78, 5) is 13.9. The van der Waals surface area contributed by atoms with E-state index in [0.29, 0.717) is 31.7 Å². The molecule has 1 heterocycles. The van der Waals surface area contributed by atoms with Crippen LogP contribution in [0.25, 0.3) is 0 Å². The molecule has 4 nitrogen and oxygen atoms in total. The van der Waals surface area contributed by atoms with E-state index in [0.717, 1.165) is 12.1 Å². The van der Waals surface area contributed by atoms with Crippen LogP contribution in [-0.4, -0.2) is 36.0 Å². The van der Waals surface area contributed by atoms with Crippen molar-refractivity contribution in [3.05, 3.63) is 29.8 Å². The number of piperidine rings is 1. The highest BCUT2D eigenvalue weighted by Crippen LogP contribution is 2.30. The van der Waals surface area contributed by atoms with E-state index in [4.69, 9.17) is 10.5 Å². The molecule has 0 aliphatic carbocycles. The highest BCUT2D eigenvalue weighted by atomic mass is 35.5. The van der Waals surface area contributed by atoms with Gasteiger partial charge in [-0.3, -0.25) is 4.79 Å². The highest BCUT2D eigenvalue weighted by Gasteiger charge is 2.31. The van der Waals surface area contributed by atoms with Crippen molar-refractivity contribution in [2.45, 2.75) is 45.0 Å². The molecule has 142 valence electrons. The standard InChI is InChI=1S/C17H23F3N2O2.ClH/c1-11(2)15(21)16(23)22-9-7-14(8-10-22)24-13-5-3-12(4-6-13)17(18,19)20;/h3-6,11,14-15H,7-10,21H2,1-2H3;1H/t15-;/m0./s1. The molecule has 0 unspecified atom stereocenters. The Labute approximate surface area is 151 Å². The van der Waals surface area contributed by atoms with Crippen molar-refractivity contribution in [2.75, 3.05) is 13.1 Å². The van der Waals surface area contributed by atoms with Crippen LogP contribution in [0.3, 0.4) is 0 Å². The summed E-state index contributed by atoms with van der Waals surface area (Å²) in [5.74, 6) is 0.434. The van der Waals surface area contributed by atoms with Crippen molar-refractivity contribution in [3.8, 4) is 5.75 Å². The zero-order chi connectivity index (χ0) is 17.9. The molecule has 0 saturated carbocycles. The predicted octanol–water partition coefficient (Wildman–Crippen LogP) is 3.48. The quantitative estimate of drug-likeness (QED) is 0.870. The minimum atomic E-state index is -4.35. The Hall–Kier alpha value is -1.47. The zero-order valence-electron chi connectivity index (χ0n) is 14.3. The number of nitrogens with zero attached hydrogens (tertiary/aromatic N) is 1. The lowest BCUT2D eigenvalue weighted by atomic mass is 10.0. The lowest BCUT2D eigenvalue weighted by Gasteiger charge is -2.34. The molecule has 25 heavy (non-hydrogen) atoms. The Kier molecular flexibility index (Phi) is 7.56. The Bertz CT molecular complexity index is 556. The molecule has 0 bridgehead atoms. The van der Waals surface area contributed by atoms with Gasteiger partial charge in [-0.15, -0.1) is 12.4 Å². The number of alkyl halides is 3. The lowest BCUT2D eigenvalue weighted by Crippen LogP contribution is -2.50. The second kappa shape index (κ2) is 8.76. The summed E-state index contributed by atoms with van der Waals surface area (Å²) in [5.41, 5.74) is 5.19. The van der Waals surface area contributed by atoms with Gasteiger partial charge in [-0.2, -0.15) is 13.2 Å². The number of amides is 1. The second-order valence-electron chi connectivity index (χ2n) is 6.43. The van der Waals surface area contributed by atoms with Gasteiger partial charge in [0, 0.05) is 25.9 Å². The fraction of sp³-hybridized carbons (Fsp3) is 0.588. The zero-order valence-corrected chi connectivity index (χ0v) is 15.1. The third-order valence-corrected chi connectivity index (χ3v) is 4.24. The number of hydrogen-bond acceptors (Lipinski definition) is 3. The van der Waals surface area contributed by atoms with Crippen molar-refractivity contribution in [3.63, 3.8) is 0 Å². The molecule has 1 aliphatic heterocycles. The van der Waals surface area contributed by atoms with Gasteiger partial charge in [0.25, 0.3) is 0 Å². The van der Waals surface area contributed by atoms with Gasteiger partial charge < -0.3 is 15.4 Å². The average molecular weight is 381 g/mol. The number of rotatable bonds is 4. The maximum Gasteiger partial charge on any atom is 0.416 e. The van der Waals surface area contributed by atoms with E-state index in [1.54, 1.807) is 4.90 Å². The Balaban J connectivity index is 0.00000312. The van der Waals surface area contributed by atoms with Crippen LogP contribution in [0.5, 0.6) is 5.75 Å². The molecule has 1 aromatic rings. The first kappa shape index (κ1) is 21.6. The fourth-order valence-corrected chi connectivity index (χ4v) is 2.60. The SMILES string of the molecule is CC(C)[C@H](N)C(=O)N1CCC(Oc2ccc(C(F)(F)F)cc2)CC1.Cl. The van der Waals surface area contributed by atoms with E-state index < -0.39 is 17.8 Å². The molecule has 1 amide bonds.